The molecular weight excluding hydrogens is 280 g/mol. The molecular formula is C17H18N2O3. The Balaban J connectivity index is 1.58. The summed E-state index contributed by atoms with van der Waals surface area (Å²) in [6, 6.07) is 11.5. The monoisotopic (exact) mass is 298 g/mol. The summed E-state index contributed by atoms with van der Waals surface area (Å²) in [5.41, 5.74) is 1.25. The number of nitrogens with one attached hydrogen (secondary N) is 2. The highest BCUT2D eigenvalue weighted by atomic mass is 16.3. The van der Waals surface area contributed by atoms with Crippen molar-refractivity contribution in [2.24, 2.45) is 0 Å². The molecule has 1 aromatic carbocycles. The van der Waals surface area contributed by atoms with Gasteiger partial charge in [0.05, 0.1) is 23.9 Å². The van der Waals surface area contributed by atoms with Gasteiger partial charge in [-0.25, -0.2) is 0 Å². The van der Waals surface area contributed by atoms with Gasteiger partial charge in [-0.05, 0) is 30.9 Å². The topological polar surface area (TPSA) is 71.3 Å². The number of carbonyl (C=O) groups excluding carboxylic acids is 2. The fraction of sp³-hybridized carbons (Fsp3) is 0.294. The van der Waals surface area contributed by atoms with Crippen molar-refractivity contribution >= 4 is 11.8 Å². The van der Waals surface area contributed by atoms with Crippen LogP contribution >= 0.6 is 0 Å². The molecule has 3 rings (SSSR count). The first-order valence-electron chi connectivity index (χ1n) is 7.37. The summed E-state index contributed by atoms with van der Waals surface area (Å²) in [5.74, 6) is -0.494. The molecule has 1 aliphatic rings. The largest absolute Gasteiger partial charge is 0.472 e. The van der Waals surface area contributed by atoms with E-state index in [9.17, 15) is 9.59 Å². The normalized spacial score (nSPS) is 15.6. The molecule has 1 aromatic heterocycles. The van der Waals surface area contributed by atoms with Gasteiger partial charge in [0.1, 0.15) is 6.26 Å². The molecule has 0 atom stereocenters. The molecule has 0 bridgehead atoms. The quantitative estimate of drug-likeness (QED) is 0.889. The van der Waals surface area contributed by atoms with Crippen molar-refractivity contribution in [3.8, 4) is 0 Å². The number of carbonyl (C=O) groups is 2. The summed E-state index contributed by atoms with van der Waals surface area (Å²) in [6.07, 6.45) is 5.73. The molecule has 1 saturated carbocycles. The van der Waals surface area contributed by atoms with E-state index in [4.69, 9.17) is 4.42 Å². The highest BCUT2D eigenvalue weighted by molar-refractivity contribution is 5.96. The maximum Gasteiger partial charge on any atom is 0.254 e. The van der Waals surface area contributed by atoms with Crippen molar-refractivity contribution in [2.75, 3.05) is 6.54 Å². The summed E-state index contributed by atoms with van der Waals surface area (Å²) in [4.78, 5) is 23.9. The van der Waals surface area contributed by atoms with Crippen molar-refractivity contribution in [1.29, 1.82) is 0 Å². The molecule has 1 fully saturated rings. The van der Waals surface area contributed by atoms with E-state index in [0.717, 1.165) is 24.8 Å². The molecule has 114 valence electrons. The van der Waals surface area contributed by atoms with Gasteiger partial charge < -0.3 is 15.1 Å². The lowest BCUT2D eigenvalue weighted by molar-refractivity contribution is -0.123. The van der Waals surface area contributed by atoms with Crippen LogP contribution in [0.1, 0.15) is 35.2 Å². The van der Waals surface area contributed by atoms with Crippen molar-refractivity contribution < 1.29 is 14.0 Å². The van der Waals surface area contributed by atoms with Crippen LogP contribution in [0.15, 0.2) is 53.3 Å². The molecule has 2 aromatic rings. The molecule has 22 heavy (non-hydrogen) atoms. The minimum absolute atomic E-state index is 0.0431. The lowest BCUT2D eigenvalue weighted by Gasteiger charge is -2.43. The van der Waals surface area contributed by atoms with E-state index in [2.05, 4.69) is 10.6 Å². The van der Waals surface area contributed by atoms with Crippen molar-refractivity contribution in [3.63, 3.8) is 0 Å². The number of rotatable bonds is 5. The molecule has 0 aliphatic heterocycles. The van der Waals surface area contributed by atoms with Crippen LogP contribution in [0.2, 0.25) is 0 Å². The van der Waals surface area contributed by atoms with Crippen molar-refractivity contribution in [3.05, 3.63) is 60.1 Å². The zero-order chi connectivity index (χ0) is 15.4. The lowest BCUT2D eigenvalue weighted by Crippen LogP contribution is -2.53. The predicted octanol–water partition coefficient (Wildman–Crippen LogP) is 2.21. The molecule has 1 aliphatic carbocycles. The molecule has 0 saturated heterocycles. The average molecular weight is 298 g/mol. The first-order chi connectivity index (χ1) is 10.7. The van der Waals surface area contributed by atoms with E-state index in [0.29, 0.717) is 5.56 Å². The fourth-order valence-electron chi connectivity index (χ4n) is 2.74. The summed E-state index contributed by atoms with van der Waals surface area (Å²) in [6.45, 7) is -0.0431. The number of hydrogen-bond donors (Lipinski definition) is 2. The Hall–Kier alpha value is -2.56. The van der Waals surface area contributed by atoms with Crippen LogP contribution < -0.4 is 10.6 Å². The Labute approximate surface area is 128 Å². The summed E-state index contributed by atoms with van der Waals surface area (Å²) < 4.78 is 4.85. The zero-order valence-corrected chi connectivity index (χ0v) is 12.2. The number of furan rings is 1. The standard InChI is InChI=1S/C17H18N2O3/c20-15(11-18-16(21)13-7-10-22-12-13)19-17(8-4-9-17)14-5-2-1-3-6-14/h1-3,5-7,10,12H,4,8-9,11H2,(H,18,21)(H,19,20). The number of amides is 2. The van der Waals surface area contributed by atoms with Gasteiger partial charge in [-0.2, -0.15) is 0 Å². The Bertz CT molecular complexity index is 646. The van der Waals surface area contributed by atoms with Gasteiger partial charge in [0.15, 0.2) is 0 Å². The maximum absolute atomic E-state index is 12.1. The second kappa shape index (κ2) is 6.05. The van der Waals surface area contributed by atoms with Gasteiger partial charge in [-0.1, -0.05) is 30.3 Å². The molecule has 1 heterocycles. The first-order valence-corrected chi connectivity index (χ1v) is 7.37. The summed E-state index contributed by atoms with van der Waals surface area (Å²) in [5, 5.41) is 5.67. The van der Waals surface area contributed by atoms with Crippen molar-refractivity contribution in [2.45, 2.75) is 24.8 Å². The van der Waals surface area contributed by atoms with Crippen LogP contribution in [-0.4, -0.2) is 18.4 Å². The minimum Gasteiger partial charge on any atom is -0.472 e. The van der Waals surface area contributed by atoms with E-state index >= 15 is 0 Å². The molecule has 2 amide bonds. The Morgan fingerprint density at radius 1 is 1.14 bits per heavy atom. The molecule has 5 heteroatoms. The summed E-state index contributed by atoms with van der Waals surface area (Å²) >= 11 is 0. The minimum atomic E-state index is -0.314. The molecule has 0 spiro atoms. The van der Waals surface area contributed by atoms with Gasteiger partial charge >= 0.3 is 0 Å². The van der Waals surface area contributed by atoms with Gasteiger partial charge in [0.2, 0.25) is 5.91 Å². The van der Waals surface area contributed by atoms with Gasteiger partial charge in [0, 0.05) is 0 Å². The third kappa shape index (κ3) is 2.88. The highest BCUT2D eigenvalue weighted by Crippen LogP contribution is 2.40. The number of hydrogen-bond acceptors (Lipinski definition) is 3. The highest BCUT2D eigenvalue weighted by Gasteiger charge is 2.39. The third-order valence-corrected chi connectivity index (χ3v) is 4.11. The molecule has 2 N–H and O–H groups in total. The van der Waals surface area contributed by atoms with E-state index < -0.39 is 0 Å². The summed E-state index contributed by atoms with van der Waals surface area (Å²) in [7, 11) is 0. The second-order valence-corrected chi connectivity index (χ2v) is 5.54. The fourth-order valence-corrected chi connectivity index (χ4v) is 2.74. The van der Waals surface area contributed by atoms with Crippen LogP contribution in [0, 0.1) is 0 Å². The predicted molar refractivity (Wildman–Crippen MR) is 81.2 cm³/mol. The van der Waals surface area contributed by atoms with Crippen LogP contribution in [0.5, 0.6) is 0 Å². The Morgan fingerprint density at radius 3 is 2.50 bits per heavy atom. The lowest BCUT2D eigenvalue weighted by atomic mass is 9.72. The van der Waals surface area contributed by atoms with Gasteiger partial charge in [-0.15, -0.1) is 0 Å². The van der Waals surface area contributed by atoms with E-state index in [1.807, 2.05) is 30.3 Å². The first kappa shape index (κ1) is 14.4. The molecule has 5 nitrogen and oxygen atoms in total. The van der Waals surface area contributed by atoms with E-state index in [-0.39, 0.29) is 23.9 Å². The maximum atomic E-state index is 12.1. The third-order valence-electron chi connectivity index (χ3n) is 4.11. The molecule has 0 unspecified atom stereocenters. The SMILES string of the molecule is O=C(CNC(=O)c1ccoc1)NC1(c2ccccc2)CCC1. The van der Waals surface area contributed by atoms with Crippen LogP contribution in [-0.2, 0) is 10.3 Å². The van der Waals surface area contributed by atoms with Crippen molar-refractivity contribution in [1.82, 2.24) is 10.6 Å². The van der Waals surface area contributed by atoms with Crippen LogP contribution in [0.25, 0.3) is 0 Å². The second-order valence-electron chi connectivity index (χ2n) is 5.54. The molecule has 0 radical (unpaired) electrons. The Morgan fingerprint density at radius 2 is 1.91 bits per heavy atom. The Kier molecular flexibility index (Phi) is 3.96. The van der Waals surface area contributed by atoms with E-state index in [1.54, 1.807) is 6.07 Å². The van der Waals surface area contributed by atoms with E-state index in [1.165, 1.54) is 12.5 Å². The smallest absolute Gasteiger partial charge is 0.254 e. The van der Waals surface area contributed by atoms with Gasteiger partial charge in [0.25, 0.3) is 5.91 Å². The number of benzene rings is 1. The zero-order valence-electron chi connectivity index (χ0n) is 12.2. The average Bonchev–Trinajstić information content (AvgIpc) is 3.04. The van der Waals surface area contributed by atoms with Gasteiger partial charge in [-0.3, -0.25) is 9.59 Å². The van der Waals surface area contributed by atoms with Crippen LogP contribution in [0.3, 0.4) is 0 Å². The van der Waals surface area contributed by atoms with Crippen LogP contribution in [0.4, 0.5) is 0 Å².